The molecule has 3 rings (SSSR count). The SMILES string of the molecule is Cc1ccc(C=C2SC(=O)N(CCNC(=O)C=Cc3ccccc3)C2=O)cc1. The average Bonchev–Trinajstić information content (AvgIpc) is 2.96. The lowest BCUT2D eigenvalue weighted by atomic mass is 10.1. The zero-order chi connectivity index (χ0) is 19.9. The molecule has 1 aliphatic heterocycles. The fourth-order valence-corrected chi connectivity index (χ4v) is 3.46. The van der Waals surface area contributed by atoms with Gasteiger partial charge in [0, 0.05) is 19.2 Å². The van der Waals surface area contributed by atoms with E-state index in [1.165, 1.54) is 6.08 Å². The van der Waals surface area contributed by atoms with Crippen molar-refractivity contribution in [1.29, 1.82) is 0 Å². The first-order chi connectivity index (χ1) is 13.5. The Bertz CT molecular complexity index is 934. The molecule has 2 aromatic rings. The number of thioether (sulfide) groups is 1. The second-order valence-electron chi connectivity index (χ2n) is 6.28. The summed E-state index contributed by atoms with van der Waals surface area (Å²) in [6.45, 7) is 2.33. The summed E-state index contributed by atoms with van der Waals surface area (Å²) in [6.07, 6.45) is 4.85. The second kappa shape index (κ2) is 9.19. The highest BCUT2D eigenvalue weighted by Gasteiger charge is 2.34. The van der Waals surface area contributed by atoms with Crippen LogP contribution in [-0.4, -0.2) is 35.0 Å². The summed E-state index contributed by atoms with van der Waals surface area (Å²) in [5, 5.41) is 2.37. The van der Waals surface area contributed by atoms with Crippen LogP contribution in [0.1, 0.15) is 16.7 Å². The molecule has 1 saturated heterocycles. The number of amides is 3. The number of hydrogen-bond donors (Lipinski definition) is 1. The molecule has 1 N–H and O–H groups in total. The molecule has 28 heavy (non-hydrogen) atoms. The highest BCUT2D eigenvalue weighted by molar-refractivity contribution is 8.18. The molecule has 1 aliphatic rings. The quantitative estimate of drug-likeness (QED) is 0.758. The number of benzene rings is 2. The Morgan fingerprint density at radius 2 is 1.75 bits per heavy atom. The molecule has 0 spiro atoms. The fourth-order valence-electron chi connectivity index (χ4n) is 2.59. The summed E-state index contributed by atoms with van der Waals surface area (Å²) in [6, 6.07) is 17.2. The van der Waals surface area contributed by atoms with Crippen LogP contribution in [0.4, 0.5) is 4.79 Å². The maximum absolute atomic E-state index is 12.5. The smallest absolute Gasteiger partial charge is 0.293 e. The number of rotatable bonds is 6. The van der Waals surface area contributed by atoms with Crippen molar-refractivity contribution in [3.8, 4) is 0 Å². The predicted molar refractivity (Wildman–Crippen MR) is 112 cm³/mol. The summed E-state index contributed by atoms with van der Waals surface area (Å²) in [5.74, 6) is -0.601. The number of aryl methyl sites for hydroxylation is 1. The van der Waals surface area contributed by atoms with Crippen LogP contribution in [0.5, 0.6) is 0 Å². The average molecular weight is 392 g/mol. The molecule has 0 atom stereocenters. The molecule has 0 aliphatic carbocycles. The maximum atomic E-state index is 12.5. The van der Waals surface area contributed by atoms with Crippen molar-refractivity contribution in [2.75, 3.05) is 13.1 Å². The van der Waals surface area contributed by atoms with Crippen LogP contribution in [0.15, 0.2) is 65.6 Å². The van der Waals surface area contributed by atoms with Crippen molar-refractivity contribution in [3.63, 3.8) is 0 Å². The zero-order valence-electron chi connectivity index (χ0n) is 15.4. The molecule has 3 amide bonds. The van der Waals surface area contributed by atoms with Gasteiger partial charge in [-0.05, 0) is 42.0 Å². The van der Waals surface area contributed by atoms with Crippen molar-refractivity contribution in [2.24, 2.45) is 0 Å². The van der Waals surface area contributed by atoms with Gasteiger partial charge in [-0.2, -0.15) is 0 Å². The van der Waals surface area contributed by atoms with E-state index >= 15 is 0 Å². The van der Waals surface area contributed by atoms with E-state index in [2.05, 4.69) is 5.32 Å². The van der Waals surface area contributed by atoms with Crippen molar-refractivity contribution < 1.29 is 14.4 Å². The van der Waals surface area contributed by atoms with Crippen LogP contribution in [0.2, 0.25) is 0 Å². The summed E-state index contributed by atoms with van der Waals surface area (Å²) >= 11 is 0.919. The number of carbonyl (C=O) groups excluding carboxylic acids is 3. The molecule has 6 heteroatoms. The standard InChI is InChI=1S/C22H20N2O3S/c1-16-7-9-18(10-8-16)15-19-21(26)24(22(27)28-19)14-13-23-20(25)12-11-17-5-3-2-4-6-17/h2-12,15H,13-14H2,1H3,(H,23,25). The summed E-state index contributed by atoms with van der Waals surface area (Å²) < 4.78 is 0. The highest BCUT2D eigenvalue weighted by atomic mass is 32.2. The lowest BCUT2D eigenvalue weighted by Crippen LogP contribution is -2.36. The second-order valence-corrected chi connectivity index (χ2v) is 7.27. The third-order valence-corrected chi connectivity index (χ3v) is 5.02. The van der Waals surface area contributed by atoms with E-state index in [9.17, 15) is 14.4 Å². The number of nitrogens with one attached hydrogen (secondary N) is 1. The van der Waals surface area contributed by atoms with E-state index in [4.69, 9.17) is 0 Å². The van der Waals surface area contributed by atoms with E-state index in [0.717, 1.165) is 33.4 Å². The van der Waals surface area contributed by atoms with Crippen LogP contribution < -0.4 is 5.32 Å². The third kappa shape index (κ3) is 5.20. The van der Waals surface area contributed by atoms with Crippen LogP contribution in [0.3, 0.4) is 0 Å². The van der Waals surface area contributed by atoms with E-state index in [1.54, 1.807) is 12.2 Å². The molecular weight excluding hydrogens is 372 g/mol. The molecule has 0 unspecified atom stereocenters. The Morgan fingerprint density at radius 3 is 2.46 bits per heavy atom. The molecule has 142 valence electrons. The van der Waals surface area contributed by atoms with Gasteiger partial charge in [0.1, 0.15) is 0 Å². The van der Waals surface area contributed by atoms with Gasteiger partial charge >= 0.3 is 0 Å². The van der Waals surface area contributed by atoms with Gasteiger partial charge in [-0.15, -0.1) is 0 Å². The Balaban J connectivity index is 1.52. The summed E-state index contributed by atoms with van der Waals surface area (Å²) in [4.78, 5) is 38.0. The minimum absolute atomic E-state index is 0.140. The van der Waals surface area contributed by atoms with Crippen molar-refractivity contribution in [1.82, 2.24) is 10.2 Å². The van der Waals surface area contributed by atoms with Gasteiger partial charge in [-0.25, -0.2) is 0 Å². The van der Waals surface area contributed by atoms with Crippen molar-refractivity contribution in [3.05, 3.63) is 82.3 Å². The first kappa shape index (κ1) is 19.6. The largest absolute Gasteiger partial charge is 0.351 e. The molecule has 5 nitrogen and oxygen atoms in total. The zero-order valence-corrected chi connectivity index (χ0v) is 16.2. The normalized spacial score (nSPS) is 15.6. The lowest BCUT2D eigenvalue weighted by Gasteiger charge is -2.12. The summed E-state index contributed by atoms with van der Waals surface area (Å²) in [7, 11) is 0. The molecule has 0 bridgehead atoms. The Labute approximate surface area is 168 Å². The fraction of sp³-hybridized carbons (Fsp3) is 0.136. The molecule has 1 heterocycles. The number of hydrogen-bond acceptors (Lipinski definition) is 4. The highest BCUT2D eigenvalue weighted by Crippen LogP contribution is 2.31. The minimum atomic E-state index is -0.329. The van der Waals surface area contributed by atoms with E-state index in [-0.39, 0.29) is 30.1 Å². The molecule has 0 aromatic heterocycles. The number of carbonyl (C=O) groups is 3. The Morgan fingerprint density at radius 1 is 1.04 bits per heavy atom. The van der Waals surface area contributed by atoms with Gasteiger partial charge in [0.15, 0.2) is 0 Å². The van der Waals surface area contributed by atoms with Crippen molar-refractivity contribution in [2.45, 2.75) is 6.92 Å². The van der Waals surface area contributed by atoms with Crippen LogP contribution in [0.25, 0.3) is 12.2 Å². The van der Waals surface area contributed by atoms with Crippen LogP contribution in [0, 0.1) is 6.92 Å². The predicted octanol–water partition coefficient (Wildman–Crippen LogP) is 3.86. The van der Waals surface area contributed by atoms with Gasteiger partial charge < -0.3 is 5.32 Å². The summed E-state index contributed by atoms with van der Waals surface area (Å²) in [5.41, 5.74) is 2.92. The maximum Gasteiger partial charge on any atom is 0.293 e. The van der Waals surface area contributed by atoms with Gasteiger partial charge in [0.25, 0.3) is 11.1 Å². The molecule has 0 saturated carbocycles. The van der Waals surface area contributed by atoms with E-state index in [0.29, 0.717) is 4.91 Å². The Hall–Kier alpha value is -3.12. The Kier molecular flexibility index (Phi) is 6.45. The third-order valence-electron chi connectivity index (χ3n) is 4.11. The molecule has 0 radical (unpaired) electrons. The lowest BCUT2D eigenvalue weighted by molar-refractivity contribution is -0.123. The molecule has 1 fully saturated rings. The number of imide groups is 1. The minimum Gasteiger partial charge on any atom is -0.351 e. The molecular formula is C22H20N2O3S. The first-order valence-corrected chi connectivity index (χ1v) is 9.67. The van der Waals surface area contributed by atoms with Gasteiger partial charge in [0.05, 0.1) is 4.91 Å². The monoisotopic (exact) mass is 392 g/mol. The van der Waals surface area contributed by atoms with E-state index in [1.807, 2.05) is 61.5 Å². The van der Waals surface area contributed by atoms with Gasteiger partial charge in [-0.3, -0.25) is 19.3 Å². The van der Waals surface area contributed by atoms with Crippen LogP contribution in [-0.2, 0) is 9.59 Å². The van der Waals surface area contributed by atoms with E-state index < -0.39 is 0 Å². The van der Waals surface area contributed by atoms with Crippen molar-refractivity contribution >= 4 is 41.0 Å². The number of nitrogens with zero attached hydrogens (tertiary/aromatic N) is 1. The topological polar surface area (TPSA) is 66.5 Å². The molecule has 2 aromatic carbocycles. The van der Waals surface area contributed by atoms with Crippen LogP contribution >= 0.6 is 11.8 Å². The first-order valence-electron chi connectivity index (χ1n) is 8.86. The van der Waals surface area contributed by atoms with Gasteiger partial charge in [-0.1, -0.05) is 60.2 Å². The van der Waals surface area contributed by atoms with Gasteiger partial charge in [0.2, 0.25) is 5.91 Å².